The van der Waals surface area contributed by atoms with Crippen molar-refractivity contribution in [3.8, 4) is 0 Å². The van der Waals surface area contributed by atoms with Crippen LogP contribution in [-0.2, 0) is 0 Å². The summed E-state index contributed by atoms with van der Waals surface area (Å²) in [7, 11) is 0. The first-order chi connectivity index (χ1) is 13.1. The Hall–Kier alpha value is 0. The number of rotatable bonds is 21. The van der Waals surface area contributed by atoms with Gasteiger partial charge in [-0.2, -0.15) is 0 Å². The molecule has 0 saturated heterocycles. The van der Waals surface area contributed by atoms with Crippen molar-refractivity contribution in [1.29, 1.82) is 0 Å². The van der Waals surface area contributed by atoms with E-state index >= 15 is 0 Å². The molecular weight excluding hydrogens is 324 g/mol. The molecule has 0 heterocycles. The Labute approximate surface area is 174 Å². The van der Waals surface area contributed by atoms with Gasteiger partial charge in [-0.15, -0.1) is 0 Å². The molecule has 0 aliphatic heterocycles. The molecule has 0 aromatic rings. The van der Waals surface area contributed by atoms with Crippen molar-refractivity contribution < 1.29 is 0 Å². The van der Waals surface area contributed by atoms with Gasteiger partial charge in [0, 0.05) is 0 Å². The number of unbranched alkanes of at least 4 members (excludes halogenated alkanes) is 20. The third-order valence-electron chi connectivity index (χ3n) is 6.03. The molecule has 0 aromatic carbocycles. The van der Waals surface area contributed by atoms with Crippen LogP contribution in [0.4, 0.5) is 0 Å². The van der Waals surface area contributed by atoms with Crippen molar-refractivity contribution in [2.24, 2.45) is 5.41 Å². The van der Waals surface area contributed by atoms with E-state index in [1.165, 1.54) is 141 Å². The van der Waals surface area contributed by atoms with Crippen LogP contribution in [-0.4, -0.2) is 0 Å². The van der Waals surface area contributed by atoms with Crippen LogP contribution >= 0.6 is 0 Å². The summed E-state index contributed by atoms with van der Waals surface area (Å²) in [6.07, 6.45) is 32.3. The molecule has 0 aliphatic carbocycles. The summed E-state index contributed by atoms with van der Waals surface area (Å²) < 4.78 is 0. The Morgan fingerprint density at radius 2 is 0.556 bits per heavy atom. The van der Waals surface area contributed by atoms with Crippen LogP contribution < -0.4 is 0 Å². The van der Waals surface area contributed by atoms with Gasteiger partial charge in [-0.1, -0.05) is 163 Å². The van der Waals surface area contributed by atoms with Crippen LogP contribution in [0, 0.1) is 5.41 Å². The predicted octanol–water partition coefficient (Wildman–Crippen LogP) is 10.6. The van der Waals surface area contributed by atoms with Gasteiger partial charge in [0.05, 0.1) is 0 Å². The van der Waals surface area contributed by atoms with E-state index in [0.717, 1.165) is 0 Å². The molecule has 0 aliphatic rings. The summed E-state index contributed by atoms with van der Waals surface area (Å²) in [5.41, 5.74) is 0.536. The highest BCUT2D eigenvalue weighted by molar-refractivity contribution is 4.61. The third-order valence-corrected chi connectivity index (χ3v) is 6.03. The van der Waals surface area contributed by atoms with Crippen molar-refractivity contribution >= 4 is 0 Å². The topological polar surface area (TPSA) is 0 Å². The van der Waals surface area contributed by atoms with E-state index in [2.05, 4.69) is 27.7 Å². The second-order valence-corrected chi connectivity index (χ2v) is 10.4. The fourth-order valence-electron chi connectivity index (χ4n) is 4.09. The molecule has 0 fully saturated rings. The lowest BCUT2D eigenvalue weighted by Crippen LogP contribution is -2.03. The Bertz CT molecular complexity index is 260. The summed E-state index contributed by atoms with van der Waals surface area (Å²) in [6, 6.07) is 0. The Morgan fingerprint density at radius 3 is 0.778 bits per heavy atom. The Morgan fingerprint density at radius 1 is 0.333 bits per heavy atom. The summed E-state index contributed by atoms with van der Waals surface area (Å²) in [5.74, 6) is 0. The van der Waals surface area contributed by atoms with Crippen LogP contribution in [0.5, 0.6) is 0 Å². The van der Waals surface area contributed by atoms with Gasteiger partial charge in [0.25, 0.3) is 0 Å². The molecule has 0 nitrogen and oxygen atoms in total. The smallest absolute Gasteiger partial charge is 0.0383 e. The average Bonchev–Trinajstić information content (AvgIpc) is 2.62. The molecule has 0 aromatic heterocycles. The zero-order valence-electron chi connectivity index (χ0n) is 20.1. The minimum Gasteiger partial charge on any atom is -0.0654 e. The van der Waals surface area contributed by atoms with Crippen LogP contribution in [0.3, 0.4) is 0 Å². The van der Waals surface area contributed by atoms with E-state index in [-0.39, 0.29) is 0 Å². The van der Waals surface area contributed by atoms with Gasteiger partial charge in [0.15, 0.2) is 0 Å². The molecule has 0 radical (unpaired) electrons. The largest absolute Gasteiger partial charge is 0.0654 e. The van der Waals surface area contributed by atoms with Crippen molar-refractivity contribution in [2.45, 2.75) is 169 Å². The van der Waals surface area contributed by atoms with E-state index in [1.54, 1.807) is 0 Å². The fraction of sp³-hybridized carbons (Fsp3) is 1.00. The van der Waals surface area contributed by atoms with E-state index in [9.17, 15) is 0 Å². The van der Waals surface area contributed by atoms with Crippen molar-refractivity contribution in [3.05, 3.63) is 0 Å². The lowest BCUT2D eigenvalue weighted by Gasteiger charge is -2.17. The second kappa shape index (κ2) is 20.7. The van der Waals surface area contributed by atoms with Crippen molar-refractivity contribution in [3.63, 3.8) is 0 Å². The zero-order chi connectivity index (χ0) is 20.1. The first-order valence-electron chi connectivity index (χ1n) is 13.1. The average molecular weight is 381 g/mol. The molecule has 0 unspecified atom stereocenters. The maximum absolute atomic E-state index is 2.36. The van der Waals surface area contributed by atoms with E-state index in [4.69, 9.17) is 0 Å². The van der Waals surface area contributed by atoms with E-state index < -0.39 is 0 Å². The minimum atomic E-state index is 0.536. The normalized spacial score (nSPS) is 12.0. The van der Waals surface area contributed by atoms with Gasteiger partial charge in [-0.3, -0.25) is 0 Å². The molecule has 0 amide bonds. The summed E-state index contributed by atoms with van der Waals surface area (Å²) in [5, 5.41) is 0. The predicted molar refractivity (Wildman–Crippen MR) is 127 cm³/mol. The standard InChI is InChI=1S/C27H56/c1-5-6-7-8-9-10-11-12-13-14-15-16-17-18-19-20-21-22-23-24-25-26-27(2,3)4/h5-26H2,1-4H3. The van der Waals surface area contributed by atoms with Gasteiger partial charge >= 0.3 is 0 Å². The number of hydrogen-bond donors (Lipinski definition) is 0. The Kier molecular flexibility index (Phi) is 20.7. The molecule has 0 rings (SSSR count). The van der Waals surface area contributed by atoms with Crippen LogP contribution in [0.1, 0.15) is 169 Å². The van der Waals surface area contributed by atoms with Gasteiger partial charge in [0.2, 0.25) is 0 Å². The van der Waals surface area contributed by atoms with Crippen molar-refractivity contribution in [2.75, 3.05) is 0 Å². The van der Waals surface area contributed by atoms with Gasteiger partial charge in [0.1, 0.15) is 0 Å². The maximum atomic E-state index is 2.36. The van der Waals surface area contributed by atoms with Crippen LogP contribution in [0.25, 0.3) is 0 Å². The lowest BCUT2D eigenvalue weighted by molar-refractivity contribution is 0.356. The third kappa shape index (κ3) is 26.0. The van der Waals surface area contributed by atoms with Crippen LogP contribution in [0.2, 0.25) is 0 Å². The molecule has 0 heteroatoms. The number of hydrogen-bond acceptors (Lipinski definition) is 0. The molecule has 0 saturated carbocycles. The minimum absolute atomic E-state index is 0.536. The summed E-state index contributed by atoms with van der Waals surface area (Å²) in [4.78, 5) is 0. The molecule has 0 N–H and O–H groups in total. The van der Waals surface area contributed by atoms with Gasteiger partial charge in [-0.25, -0.2) is 0 Å². The first kappa shape index (κ1) is 27.0. The summed E-state index contributed by atoms with van der Waals surface area (Å²) in [6.45, 7) is 9.40. The zero-order valence-corrected chi connectivity index (χ0v) is 20.1. The SMILES string of the molecule is CCCCCCCCCCCCCCCCCCCCCCCC(C)(C)C. The highest BCUT2D eigenvalue weighted by Crippen LogP contribution is 2.22. The Balaban J connectivity index is 3.01. The lowest BCUT2D eigenvalue weighted by atomic mass is 9.89. The first-order valence-corrected chi connectivity index (χ1v) is 13.1. The quantitative estimate of drug-likeness (QED) is 0.174. The van der Waals surface area contributed by atoms with Gasteiger partial charge in [-0.05, 0) is 11.8 Å². The highest BCUT2D eigenvalue weighted by atomic mass is 14.1. The van der Waals surface area contributed by atoms with Gasteiger partial charge < -0.3 is 0 Å². The van der Waals surface area contributed by atoms with Crippen LogP contribution in [0.15, 0.2) is 0 Å². The second-order valence-electron chi connectivity index (χ2n) is 10.4. The van der Waals surface area contributed by atoms with E-state index in [0.29, 0.717) is 5.41 Å². The molecule has 0 spiro atoms. The highest BCUT2D eigenvalue weighted by Gasteiger charge is 2.08. The molecular formula is C27H56. The molecule has 164 valence electrons. The van der Waals surface area contributed by atoms with Crippen molar-refractivity contribution in [1.82, 2.24) is 0 Å². The fourth-order valence-corrected chi connectivity index (χ4v) is 4.09. The maximum Gasteiger partial charge on any atom is -0.0383 e. The molecule has 0 bridgehead atoms. The molecule has 27 heavy (non-hydrogen) atoms. The van der Waals surface area contributed by atoms with E-state index in [1.807, 2.05) is 0 Å². The monoisotopic (exact) mass is 380 g/mol. The summed E-state index contributed by atoms with van der Waals surface area (Å²) >= 11 is 0. The molecule has 0 atom stereocenters.